The Morgan fingerprint density at radius 3 is 2.59 bits per heavy atom. The number of likely N-dealkylation sites (N-methyl/N-ethyl adjacent to an activating group) is 1. The summed E-state index contributed by atoms with van der Waals surface area (Å²) in [6, 6.07) is 7.06. The zero-order valence-corrected chi connectivity index (χ0v) is 17.1. The number of ether oxygens (including phenoxy) is 1. The summed E-state index contributed by atoms with van der Waals surface area (Å²) < 4.78 is 5.16. The van der Waals surface area contributed by atoms with E-state index in [1.807, 2.05) is 19.1 Å². The molecule has 1 saturated carbocycles. The predicted molar refractivity (Wildman–Crippen MR) is 110 cm³/mol. The lowest BCUT2D eigenvalue weighted by Crippen LogP contribution is -2.47. The largest absolute Gasteiger partial charge is 0.497 e. The van der Waals surface area contributed by atoms with Crippen LogP contribution >= 0.6 is 12.4 Å². The van der Waals surface area contributed by atoms with Crippen LogP contribution in [0.4, 0.5) is 5.69 Å². The van der Waals surface area contributed by atoms with Gasteiger partial charge in [-0.15, -0.1) is 12.4 Å². The van der Waals surface area contributed by atoms with E-state index in [9.17, 15) is 9.59 Å². The minimum absolute atomic E-state index is 0. The number of amides is 2. The van der Waals surface area contributed by atoms with E-state index in [4.69, 9.17) is 10.5 Å². The molecule has 7 heteroatoms. The number of methoxy groups -OCH3 is 1. The molecule has 1 aliphatic carbocycles. The molecular formula is C20H32ClN3O3. The van der Waals surface area contributed by atoms with Crippen LogP contribution in [-0.2, 0) is 9.59 Å². The fraction of sp³-hybridized carbons (Fsp3) is 0.600. The molecule has 2 rings (SSSR count). The van der Waals surface area contributed by atoms with E-state index < -0.39 is 0 Å². The van der Waals surface area contributed by atoms with E-state index in [2.05, 4.69) is 5.32 Å². The molecule has 1 aromatic carbocycles. The second-order valence-corrected chi connectivity index (χ2v) is 6.89. The zero-order chi connectivity index (χ0) is 18.9. The number of nitrogens with two attached hydrogens (primary N) is 1. The van der Waals surface area contributed by atoms with E-state index >= 15 is 0 Å². The maximum atomic E-state index is 12.9. The van der Waals surface area contributed by atoms with Crippen molar-refractivity contribution in [3.8, 4) is 5.75 Å². The van der Waals surface area contributed by atoms with Gasteiger partial charge in [-0.1, -0.05) is 31.7 Å². The molecule has 0 heterocycles. The lowest BCUT2D eigenvalue weighted by molar-refractivity contribution is -0.139. The van der Waals surface area contributed by atoms with Crippen molar-refractivity contribution in [3.05, 3.63) is 24.3 Å². The van der Waals surface area contributed by atoms with Gasteiger partial charge in [0.1, 0.15) is 5.75 Å². The minimum atomic E-state index is -0.215. The van der Waals surface area contributed by atoms with Crippen molar-refractivity contribution >= 4 is 29.9 Å². The Morgan fingerprint density at radius 2 is 1.93 bits per heavy atom. The Labute approximate surface area is 168 Å². The van der Waals surface area contributed by atoms with Gasteiger partial charge in [0.25, 0.3) is 0 Å². The Bertz CT molecular complexity index is 612. The van der Waals surface area contributed by atoms with Crippen LogP contribution < -0.4 is 15.8 Å². The highest BCUT2D eigenvalue weighted by molar-refractivity contribution is 5.95. The van der Waals surface area contributed by atoms with Gasteiger partial charge in [0.2, 0.25) is 11.8 Å². The lowest BCUT2D eigenvalue weighted by Gasteiger charge is -2.30. The molecule has 0 radical (unpaired) electrons. The Kier molecular flexibility index (Phi) is 10.2. The molecule has 0 bridgehead atoms. The van der Waals surface area contributed by atoms with Gasteiger partial charge in [-0.05, 0) is 31.9 Å². The first kappa shape index (κ1) is 23.2. The summed E-state index contributed by atoms with van der Waals surface area (Å²) in [7, 11) is 1.58. The standard InChI is InChI=1S/C20H31N3O3.ClH/c1-3-23(20(25)17-11-6-4-5-7-12-18(17)21)14-19(24)22-15-9-8-10-16(13-15)26-2;/h8-10,13,17-18H,3-7,11-12,14,21H2,1-2H3,(H,22,24);1H. The number of anilines is 1. The summed E-state index contributed by atoms with van der Waals surface area (Å²) in [5.41, 5.74) is 6.92. The quantitative estimate of drug-likeness (QED) is 0.771. The molecule has 0 aromatic heterocycles. The van der Waals surface area contributed by atoms with Crippen molar-refractivity contribution in [2.45, 2.75) is 51.5 Å². The van der Waals surface area contributed by atoms with Gasteiger partial charge in [-0.3, -0.25) is 9.59 Å². The average Bonchev–Trinajstić information content (AvgIpc) is 2.62. The molecule has 1 aliphatic rings. The number of hydrogen-bond donors (Lipinski definition) is 2. The van der Waals surface area contributed by atoms with Crippen molar-refractivity contribution in [3.63, 3.8) is 0 Å². The SMILES string of the molecule is CCN(CC(=O)Nc1cccc(OC)c1)C(=O)C1CCCCCCC1N.Cl. The second kappa shape index (κ2) is 11.8. The van der Waals surface area contributed by atoms with Crippen molar-refractivity contribution in [1.29, 1.82) is 0 Å². The lowest BCUT2D eigenvalue weighted by atomic mass is 9.86. The summed E-state index contributed by atoms with van der Waals surface area (Å²) in [5.74, 6) is 0.280. The maximum Gasteiger partial charge on any atom is 0.243 e. The number of rotatable bonds is 6. The summed E-state index contributed by atoms with van der Waals surface area (Å²) in [5, 5.41) is 2.83. The Balaban J connectivity index is 0.00000364. The highest BCUT2D eigenvalue weighted by Crippen LogP contribution is 2.23. The molecular weight excluding hydrogens is 366 g/mol. The molecule has 27 heavy (non-hydrogen) atoms. The number of benzene rings is 1. The van der Waals surface area contributed by atoms with Crippen LogP contribution in [-0.4, -0.2) is 43.0 Å². The van der Waals surface area contributed by atoms with Gasteiger partial charge in [0, 0.05) is 24.3 Å². The third kappa shape index (κ3) is 7.03. The average molecular weight is 398 g/mol. The van der Waals surface area contributed by atoms with Crippen LogP contribution in [0.25, 0.3) is 0 Å². The van der Waals surface area contributed by atoms with E-state index in [1.54, 1.807) is 24.1 Å². The van der Waals surface area contributed by atoms with E-state index in [0.29, 0.717) is 18.0 Å². The molecule has 2 unspecified atom stereocenters. The van der Waals surface area contributed by atoms with Crippen LogP contribution in [0.5, 0.6) is 5.75 Å². The van der Waals surface area contributed by atoms with Gasteiger partial charge < -0.3 is 20.7 Å². The van der Waals surface area contributed by atoms with Gasteiger partial charge in [-0.25, -0.2) is 0 Å². The van der Waals surface area contributed by atoms with Crippen molar-refractivity contribution < 1.29 is 14.3 Å². The normalized spacial score (nSPS) is 19.8. The maximum absolute atomic E-state index is 12.9. The molecule has 0 spiro atoms. The number of nitrogens with zero attached hydrogens (tertiary/aromatic N) is 1. The zero-order valence-electron chi connectivity index (χ0n) is 16.3. The van der Waals surface area contributed by atoms with Crippen LogP contribution in [0.2, 0.25) is 0 Å². The Hall–Kier alpha value is -1.79. The first-order valence-electron chi connectivity index (χ1n) is 9.53. The fourth-order valence-corrected chi connectivity index (χ4v) is 3.47. The van der Waals surface area contributed by atoms with Gasteiger partial charge in [-0.2, -0.15) is 0 Å². The first-order chi connectivity index (χ1) is 12.5. The van der Waals surface area contributed by atoms with Crippen LogP contribution in [0.3, 0.4) is 0 Å². The third-order valence-electron chi connectivity index (χ3n) is 5.02. The summed E-state index contributed by atoms with van der Waals surface area (Å²) in [6.07, 6.45) is 6.14. The molecule has 1 aromatic rings. The molecule has 3 N–H and O–H groups in total. The van der Waals surface area contributed by atoms with Gasteiger partial charge >= 0.3 is 0 Å². The van der Waals surface area contributed by atoms with E-state index in [0.717, 1.165) is 32.1 Å². The highest BCUT2D eigenvalue weighted by atomic mass is 35.5. The van der Waals surface area contributed by atoms with Crippen molar-refractivity contribution in [1.82, 2.24) is 4.90 Å². The predicted octanol–water partition coefficient (Wildman–Crippen LogP) is 3.20. The summed E-state index contributed by atoms with van der Waals surface area (Å²) >= 11 is 0. The number of carbonyl (C=O) groups excluding carboxylic acids is 2. The minimum Gasteiger partial charge on any atom is -0.497 e. The molecule has 152 valence electrons. The van der Waals surface area contributed by atoms with Crippen LogP contribution in [0.15, 0.2) is 24.3 Å². The fourth-order valence-electron chi connectivity index (χ4n) is 3.47. The topological polar surface area (TPSA) is 84.7 Å². The van der Waals surface area contributed by atoms with Gasteiger partial charge in [0.15, 0.2) is 0 Å². The van der Waals surface area contributed by atoms with E-state index in [-0.39, 0.29) is 42.7 Å². The Morgan fingerprint density at radius 1 is 1.22 bits per heavy atom. The molecule has 6 nitrogen and oxygen atoms in total. The summed E-state index contributed by atoms with van der Waals surface area (Å²) in [6.45, 7) is 2.43. The molecule has 0 aliphatic heterocycles. The number of hydrogen-bond acceptors (Lipinski definition) is 4. The number of halogens is 1. The third-order valence-corrected chi connectivity index (χ3v) is 5.02. The van der Waals surface area contributed by atoms with E-state index in [1.165, 1.54) is 6.42 Å². The summed E-state index contributed by atoms with van der Waals surface area (Å²) in [4.78, 5) is 26.9. The number of nitrogens with one attached hydrogen (secondary N) is 1. The van der Waals surface area contributed by atoms with Crippen LogP contribution in [0, 0.1) is 5.92 Å². The monoisotopic (exact) mass is 397 g/mol. The van der Waals surface area contributed by atoms with Crippen molar-refractivity contribution in [2.24, 2.45) is 11.7 Å². The van der Waals surface area contributed by atoms with Crippen LogP contribution in [0.1, 0.15) is 45.4 Å². The smallest absolute Gasteiger partial charge is 0.243 e. The second-order valence-electron chi connectivity index (χ2n) is 6.89. The highest BCUT2D eigenvalue weighted by Gasteiger charge is 2.30. The van der Waals surface area contributed by atoms with Gasteiger partial charge in [0.05, 0.1) is 19.6 Å². The molecule has 2 amide bonds. The molecule has 0 saturated heterocycles. The first-order valence-corrected chi connectivity index (χ1v) is 9.53. The molecule has 2 atom stereocenters. The molecule has 1 fully saturated rings. The number of carbonyl (C=O) groups is 2. The van der Waals surface area contributed by atoms with Crippen molar-refractivity contribution in [2.75, 3.05) is 25.5 Å².